The van der Waals surface area contributed by atoms with Crippen LogP contribution in [0.15, 0.2) is 57.7 Å². The summed E-state index contributed by atoms with van der Waals surface area (Å²) in [4.78, 5) is 23.5. The molecule has 1 aromatic heterocycles. The van der Waals surface area contributed by atoms with Gasteiger partial charge in [0, 0.05) is 17.5 Å². The number of rotatable bonds is 4. The molecule has 3 rings (SSSR count). The van der Waals surface area contributed by atoms with E-state index in [0.717, 1.165) is 10.9 Å². The molecule has 25 heavy (non-hydrogen) atoms. The Bertz CT molecular complexity index is 996. The largest absolute Gasteiger partial charge is 0.481 e. The predicted molar refractivity (Wildman–Crippen MR) is 92.3 cm³/mol. The average molecular weight is 341 g/mol. The fourth-order valence-corrected chi connectivity index (χ4v) is 2.33. The summed E-state index contributed by atoms with van der Waals surface area (Å²) in [5.41, 5.74) is 0.750. The summed E-state index contributed by atoms with van der Waals surface area (Å²) in [6, 6.07) is 12.4. The number of carbonyl (C=O) groups is 1. The molecule has 1 heterocycles. The van der Waals surface area contributed by atoms with Crippen molar-refractivity contribution >= 4 is 22.6 Å². The van der Waals surface area contributed by atoms with Crippen molar-refractivity contribution in [2.45, 2.75) is 20.0 Å². The van der Waals surface area contributed by atoms with Gasteiger partial charge in [0.05, 0.1) is 5.69 Å². The molecule has 0 aliphatic rings. The molecule has 0 saturated heterocycles. The van der Waals surface area contributed by atoms with E-state index in [1.165, 1.54) is 24.3 Å². The van der Waals surface area contributed by atoms with Crippen LogP contribution in [0.5, 0.6) is 5.75 Å². The second-order valence-electron chi connectivity index (χ2n) is 5.69. The number of halogens is 1. The van der Waals surface area contributed by atoms with Crippen LogP contribution in [0.2, 0.25) is 0 Å². The van der Waals surface area contributed by atoms with E-state index in [4.69, 9.17) is 9.15 Å². The molecule has 0 bridgehead atoms. The van der Waals surface area contributed by atoms with Gasteiger partial charge in [0.25, 0.3) is 5.91 Å². The van der Waals surface area contributed by atoms with Gasteiger partial charge >= 0.3 is 5.63 Å². The van der Waals surface area contributed by atoms with Crippen molar-refractivity contribution in [2.24, 2.45) is 0 Å². The maximum atomic E-state index is 13.8. The average Bonchev–Trinajstić information content (AvgIpc) is 2.57. The van der Waals surface area contributed by atoms with Crippen molar-refractivity contribution in [2.75, 3.05) is 5.32 Å². The number of hydrogen-bond donors (Lipinski definition) is 1. The molecule has 6 heteroatoms. The third kappa shape index (κ3) is 3.85. The minimum absolute atomic E-state index is 0.0931. The minimum atomic E-state index is -0.867. The molecule has 1 amide bonds. The first-order valence-electron chi connectivity index (χ1n) is 7.70. The molecule has 0 saturated carbocycles. The third-order valence-corrected chi connectivity index (χ3v) is 3.66. The Morgan fingerprint density at radius 2 is 1.92 bits per heavy atom. The number of carbonyl (C=O) groups excluding carboxylic acids is 1. The third-order valence-electron chi connectivity index (χ3n) is 3.66. The van der Waals surface area contributed by atoms with Crippen LogP contribution < -0.4 is 15.7 Å². The number of hydrogen-bond acceptors (Lipinski definition) is 4. The lowest BCUT2D eigenvalue weighted by molar-refractivity contribution is -0.122. The molecule has 0 radical (unpaired) electrons. The lowest BCUT2D eigenvalue weighted by Crippen LogP contribution is -2.30. The van der Waals surface area contributed by atoms with Gasteiger partial charge in [-0.15, -0.1) is 0 Å². The highest BCUT2D eigenvalue weighted by Gasteiger charge is 2.17. The maximum absolute atomic E-state index is 13.8. The lowest BCUT2D eigenvalue weighted by atomic mass is 10.2. The topological polar surface area (TPSA) is 68.5 Å². The Hall–Kier alpha value is -3.15. The van der Waals surface area contributed by atoms with Crippen LogP contribution >= 0.6 is 0 Å². The Morgan fingerprint density at radius 1 is 1.16 bits per heavy atom. The van der Waals surface area contributed by atoms with Crippen molar-refractivity contribution in [3.63, 3.8) is 0 Å². The van der Waals surface area contributed by atoms with Crippen LogP contribution in [0.4, 0.5) is 10.1 Å². The van der Waals surface area contributed by atoms with Crippen LogP contribution in [0.25, 0.3) is 11.0 Å². The Kier molecular flexibility index (Phi) is 4.52. The van der Waals surface area contributed by atoms with Crippen molar-refractivity contribution in [3.05, 3.63) is 70.3 Å². The van der Waals surface area contributed by atoms with Gasteiger partial charge in [0.15, 0.2) is 6.10 Å². The van der Waals surface area contributed by atoms with Gasteiger partial charge in [0.2, 0.25) is 0 Å². The van der Waals surface area contributed by atoms with Gasteiger partial charge < -0.3 is 14.5 Å². The molecule has 128 valence electrons. The van der Waals surface area contributed by atoms with E-state index >= 15 is 0 Å². The van der Waals surface area contributed by atoms with E-state index in [9.17, 15) is 14.0 Å². The Labute approximate surface area is 143 Å². The predicted octanol–water partition coefficient (Wildman–Crippen LogP) is 3.65. The van der Waals surface area contributed by atoms with Crippen LogP contribution in [0, 0.1) is 12.7 Å². The highest BCUT2D eigenvalue weighted by atomic mass is 19.1. The lowest BCUT2D eigenvalue weighted by Gasteiger charge is -2.15. The monoisotopic (exact) mass is 341 g/mol. The van der Waals surface area contributed by atoms with Crippen LogP contribution in [0.3, 0.4) is 0 Å². The molecular weight excluding hydrogens is 325 g/mol. The van der Waals surface area contributed by atoms with Gasteiger partial charge in [-0.2, -0.15) is 0 Å². The summed E-state index contributed by atoms with van der Waals surface area (Å²) in [6.07, 6.45) is -0.867. The maximum Gasteiger partial charge on any atom is 0.336 e. The van der Waals surface area contributed by atoms with E-state index in [-0.39, 0.29) is 5.69 Å². The second-order valence-corrected chi connectivity index (χ2v) is 5.69. The van der Waals surface area contributed by atoms with E-state index in [0.29, 0.717) is 11.3 Å². The molecule has 3 aromatic rings. The molecule has 0 aliphatic carbocycles. The summed E-state index contributed by atoms with van der Waals surface area (Å²) in [6.45, 7) is 3.31. The number of anilines is 1. The first kappa shape index (κ1) is 16.7. The van der Waals surface area contributed by atoms with Crippen LogP contribution in [-0.2, 0) is 4.79 Å². The molecule has 1 atom stereocenters. The quantitative estimate of drug-likeness (QED) is 0.736. The van der Waals surface area contributed by atoms with Crippen molar-refractivity contribution < 1.29 is 18.3 Å². The summed E-state index contributed by atoms with van der Waals surface area (Å²) >= 11 is 0. The molecule has 2 aromatic carbocycles. The number of nitrogens with one attached hydrogen (secondary N) is 1. The number of amides is 1. The first-order valence-corrected chi connectivity index (χ1v) is 7.70. The van der Waals surface area contributed by atoms with Crippen LogP contribution in [-0.4, -0.2) is 12.0 Å². The number of benzene rings is 2. The fourth-order valence-electron chi connectivity index (χ4n) is 2.33. The van der Waals surface area contributed by atoms with E-state index < -0.39 is 23.5 Å². The van der Waals surface area contributed by atoms with E-state index in [2.05, 4.69) is 5.32 Å². The standard InChI is InChI=1S/C19H16FNO4/c1-11-3-7-16(15(20)9-11)21-19(23)12(2)24-14-6-4-13-5-8-18(22)25-17(13)10-14/h3-10,12H,1-2H3,(H,21,23). The highest BCUT2D eigenvalue weighted by Crippen LogP contribution is 2.21. The van der Waals surface area contributed by atoms with E-state index in [1.54, 1.807) is 38.1 Å². The van der Waals surface area contributed by atoms with Crippen molar-refractivity contribution in [1.29, 1.82) is 0 Å². The zero-order chi connectivity index (χ0) is 18.0. The zero-order valence-electron chi connectivity index (χ0n) is 13.7. The molecule has 0 fully saturated rings. The normalized spacial score (nSPS) is 12.0. The summed E-state index contributed by atoms with van der Waals surface area (Å²) in [7, 11) is 0. The SMILES string of the molecule is Cc1ccc(NC(=O)C(C)Oc2ccc3ccc(=O)oc3c2)c(F)c1. The Balaban J connectivity index is 1.73. The summed E-state index contributed by atoms with van der Waals surface area (Å²) in [5.74, 6) is -0.626. The summed E-state index contributed by atoms with van der Waals surface area (Å²) in [5, 5.41) is 3.23. The van der Waals surface area contributed by atoms with Gasteiger partial charge in [-0.3, -0.25) is 4.79 Å². The van der Waals surface area contributed by atoms with Crippen molar-refractivity contribution in [3.8, 4) is 5.75 Å². The smallest absolute Gasteiger partial charge is 0.336 e. The molecule has 1 unspecified atom stereocenters. The second kappa shape index (κ2) is 6.76. The van der Waals surface area contributed by atoms with Gasteiger partial charge in [-0.05, 0) is 49.7 Å². The number of fused-ring (bicyclic) bond motifs is 1. The molecule has 0 spiro atoms. The van der Waals surface area contributed by atoms with E-state index in [1.807, 2.05) is 0 Å². The summed E-state index contributed by atoms with van der Waals surface area (Å²) < 4.78 is 24.5. The highest BCUT2D eigenvalue weighted by molar-refractivity contribution is 5.94. The van der Waals surface area contributed by atoms with Crippen LogP contribution in [0.1, 0.15) is 12.5 Å². The van der Waals surface area contributed by atoms with Gasteiger partial charge in [-0.25, -0.2) is 9.18 Å². The molecule has 1 N–H and O–H groups in total. The number of ether oxygens (including phenoxy) is 1. The van der Waals surface area contributed by atoms with Gasteiger partial charge in [0.1, 0.15) is 17.1 Å². The zero-order valence-corrected chi connectivity index (χ0v) is 13.7. The fraction of sp³-hybridized carbons (Fsp3) is 0.158. The minimum Gasteiger partial charge on any atom is -0.481 e. The Morgan fingerprint density at radius 3 is 2.68 bits per heavy atom. The molecule has 0 aliphatic heterocycles. The number of aryl methyl sites for hydroxylation is 1. The first-order chi connectivity index (χ1) is 11.9. The molecular formula is C19H16FNO4. The molecule has 5 nitrogen and oxygen atoms in total. The van der Waals surface area contributed by atoms with Gasteiger partial charge in [-0.1, -0.05) is 6.07 Å². The van der Waals surface area contributed by atoms with Crippen molar-refractivity contribution in [1.82, 2.24) is 0 Å².